The summed E-state index contributed by atoms with van der Waals surface area (Å²) in [7, 11) is 0. The Bertz CT molecular complexity index is 804. The second-order valence-electron chi connectivity index (χ2n) is 9.59. The van der Waals surface area contributed by atoms with Crippen LogP contribution in [0.25, 0.3) is 0 Å². The Kier molecular flexibility index (Phi) is 13.0. The van der Waals surface area contributed by atoms with Gasteiger partial charge in [-0.05, 0) is 47.7 Å². The van der Waals surface area contributed by atoms with Crippen LogP contribution in [-0.2, 0) is 0 Å². The molecule has 3 aromatic rings. The molecule has 3 heteroatoms. The summed E-state index contributed by atoms with van der Waals surface area (Å²) in [6.07, 6.45) is 21.4. The van der Waals surface area contributed by atoms with Crippen LogP contribution in [0, 0.1) is 0 Å². The fourth-order valence-electron chi connectivity index (χ4n) is 4.72. The quantitative estimate of drug-likeness (QED) is 0.170. The molecule has 1 unspecified atom stereocenters. The molecule has 0 amide bonds. The molecule has 34 heavy (non-hydrogen) atoms. The molecular weight excluding hydrogens is 434 g/mol. The van der Waals surface area contributed by atoms with Gasteiger partial charge in [0.1, 0.15) is 5.75 Å². The minimum Gasteiger partial charge on any atom is -0.494 e. The predicted molar refractivity (Wildman–Crippen MR) is 148 cm³/mol. The van der Waals surface area contributed by atoms with Crippen molar-refractivity contribution in [2.24, 2.45) is 0 Å². The Hall–Kier alpha value is -2.00. The van der Waals surface area contributed by atoms with Crippen LogP contribution in [-0.4, -0.2) is 11.6 Å². The fraction of sp³-hybridized carbons (Fsp3) is 0.548. The van der Waals surface area contributed by atoms with Crippen LogP contribution in [0.4, 0.5) is 0 Å². The highest BCUT2D eigenvalue weighted by atomic mass is 32.1. The monoisotopic (exact) mass is 479 g/mol. The number of nitrogens with one attached hydrogen (secondary N) is 1. The van der Waals surface area contributed by atoms with Gasteiger partial charge in [-0.15, -0.1) is 11.3 Å². The maximum absolute atomic E-state index is 6.02. The Morgan fingerprint density at radius 1 is 0.706 bits per heavy atom. The lowest BCUT2D eigenvalue weighted by Gasteiger charge is -2.16. The van der Waals surface area contributed by atoms with Crippen LogP contribution in [0.1, 0.15) is 119 Å². The summed E-state index contributed by atoms with van der Waals surface area (Å²) in [5.74, 6) is 1.24. The topological polar surface area (TPSA) is 25.0 Å². The van der Waals surface area contributed by atoms with Crippen LogP contribution in [0.5, 0.6) is 5.75 Å². The molecule has 0 bridgehead atoms. The fourth-order valence-corrected chi connectivity index (χ4v) is 5.59. The molecule has 2 aromatic heterocycles. The highest BCUT2D eigenvalue weighted by molar-refractivity contribution is 7.10. The molecule has 2 nitrogen and oxygen atoms in total. The van der Waals surface area contributed by atoms with Crippen molar-refractivity contribution in [2.45, 2.75) is 103 Å². The molecule has 186 valence electrons. The number of thiophene rings is 1. The smallest absolute Gasteiger partial charge is 0.119 e. The van der Waals surface area contributed by atoms with E-state index in [1.807, 2.05) is 17.5 Å². The summed E-state index contributed by atoms with van der Waals surface area (Å²) >= 11 is 1.81. The molecule has 1 N–H and O–H groups in total. The van der Waals surface area contributed by atoms with E-state index in [0.717, 1.165) is 18.8 Å². The highest BCUT2D eigenvalue weighted by Gasteiger charge is 2.18. The van der Waals surface area contributed by atoms with Crippen LogP contribution < -0.4 is 4.74 Å². The summed E-state index contributed by atoms with van der Waals surface area (Å²) in [5.41, 5.74) is 2.53. The van der Waals surface area contributed by atoms with Crippen LogP contribution in [0.2, 0.25) is 0 Å². The van der Waals surface area contributed by atoms with Gasteiger partial charge in [0, 0.05) is 16.8 Å². The maximum atomic E-state index is 6.02. The molecule has 2 heterocycles. The zero-order valence-corrected chi connectivity index (χ0v) is 22.1. The lowest BCUT2D eigenvalue weighted by Crippen LogP contribution is -2.02. The minimum atomic E-state index is 0.259. The van der Waals surface area contributed by atoms with Crippen molar-refractivity contribution in [1.29, 1.82) is 0 Å². The predicted octanol–water partition coefficient (Wildman–Crippen LogP) is 10.1. The summed E-state index contributed by atoms with van der Waals surface area (Å²) in [4.78, 5) is 4.76. The van der Waals surface area contributed by atoms with Gasteiger partial charge in [0.2, 0.25) is 0 Å². The number of aromatic nitrogens is 1. The normalized spacial score (nSPS) is 12.1. The first-order valence-electron chi connectivity index (χ1n) is 13.8. The molecular formula is C31H45NOS. The lowest BCUT2D eigenvalue weighted by atomic mass is 9.94. The van der Waals surface area contributed by atoms with Gasteiger partial charge < -0.3 is 9.72 Å². The molecule has 0 fully saturated rings. The van der Waals surface area contributed by atoms with E-state index in [0.29, 0.717) is 0 Å². The van der Waals surface area contributed by atoms with Crippen molar-refractivity contribution in [1.82, 2.24) is 4.98 Å². The zero-order chi connectivity index (χ0) is 23.7. The van der Waals surface area contributed by atoms with Crippen LogP contribution in [0.15, 0.2) is 60.1 Å². The average Bonchev–Trinajstić information content (AvgIpc) is 3.58. The third kappa shape index (κ3) is 9.70. The molecule has 0 aliphatic rings. The van der Waals surface area contributed by atoms with Crippen LogP contribution in [0.3, 0.4) is 0 Å². The van der Waals surface area contributed by atoms with E-state index in [4.69, 9.17) is 4.74 Å². The molecule has 0 saturated carbocycles. The van der Waals surface area contributed by atoms with E-state index >= 15 is 0 Å². The number of hydrogen-bond acceptors (Lipinski definition) is 2. The number of unbranched alkanes of at least 4 members (excludes halogenated alkanes) is 13. The second kappa shape index (κ2) is 16.6. The largest absolute Gasteiger partial charge is 0.494 e. The summed E-state index contributed by atoms with van der Waals surface area (Å²) < 4.78 is 6.02. The summed E-state index contributed by atoms with van der Waals surface area (Å²) in [6.45, 7) is 3.11. The third-order valence-corrected chi connectivity index (χ3v) is 7.68. The van der Waals surface area contributed by atoms with Gasteiger partial charge in [-0.3, -0.25) is 0 Å². The van der Waals surface area contributed by atoms with Crippen molar-refractivity contribution < 1.29 is 4.74 Å². The number of hydrogen-bond donors (Lipinski definition) is 1. The van der Waals surface area contributed by atoms with Gasteiger partial charge in [-0.2, -0.15) is 0 Å². The third-order valence-electron chi connectivity index (χ3n) is 6.74. The number of ether oxygens (including phenoxy) is 1. The number of rotatable bonds is 19. The Balaban J connectivity index is 1.23. The summed E-state index contributed by atoms with van der Waals surface area (Å²) in [5, 5.41) is 2.15. The van der Waals surface area contributed by atoms with Gasteiger partial charge in [0.25, 0.3) is 0 Å². The molecule has 1 atom stereocenters. The number of H-pyrrole nitrogens is 1. The maximum Gasteiger partial charge on any atom is 0.119 e. The van der Waals surface area contributed by atoms with E-state index in [1.165, 1.54) is 99.6 Å². The van der Waals surface area contributed by atoms with E-state index in [-0.39, 0.29) is 5.92 Å². The average molecular weight is 480 g/mol. The van der Waals surface area contributed by atoms with Crippen molar-refractivity contribution in [3.8, 4) is 5.75 Å². The lowest BCUT2D eigenvalue weighted by molar-refractivity contribution is 0.304. The van der Waals surface area contributed by atoms with Gasteiger partial charge in [-0.1, -0.05) is 109 Å². The molecule has 0 saturated heterocycles. The van der Waals surface area contributed by atoms with Crippen molar-refractivity contribution >= 4 is 11.3 Å². The highest BCUT2D eigenvalue weighted by Crippen LogP contribution is 2.34. The second-order valence-corrected chi connectivity index (χ2v) is 10.6. The van der Waals surface area contributed by atoms with E-state index in [9.17, 15) is 0 Å². The first-order chi connectivity index (χ1) is 16.9. The van der Waals surface area contributed by atoms with Gasteiger partial charge in [0.15, 0.2) is 0 Å². The molecule has 0 spiro atoms. The summed E-state index contributed by atoms with van der Waals surface area (Å²) in [6, 6.07) is 17.3. The standard InChI is InChI=1S/C31H45NOS/c1-2-3-4-5-6-7-8-9-10-11-12-13-14-15-25-33-28-22-20-27(21-23-28)31(29-18-16-24-32-29)30-19-17-26-34-30/h16-24,26,31-32H,2-15,25H2,1H3. The molecule has 0 radical (unpaired) electrons. The van der Waals surface area contributed by atoms with E-state index in [2.05, 4.69) is 65.8 Å². The molecule has 0 aliphatic carbocycles. The Morgan fingerprint density at radius 3 is 1.85 bits per heavy atom. The van der Waals surface area contributed by atoms with Gasteiger partial charge in [-0.25, -0.2) is 0 Å². The number of benzene rings is 1. The SMILES string of the molecule is CCCCCCCCCCCCCCCCOc1ccc(C(c2ccc[nH]2)c2cccs2)cc1. The van der Waals surface area contributed by atoms with E-state index < -0.39 is 0 Å². The number of aromatic amines is 1. The molecule has 3 rings (SSSR count). The first kappa shape index (κ1) is 26.6. The van der Waals surface area contributed by atoms with Crippen molar-refractivity contribution in [3.63, 3.8) is 0 Å². The van der Waals surface area contributed by atoms with Crippen molar-refractivity contribution in [2.75, 3.05) is 6.61 Å². The Labute approximate surface area is 212 Å². The minimum absolute atomic E-state index is 0.259. The van der Waals surface area contributed by atoms with E-state index in [1.54, 1.807) is 0 Å². The van der Waals surface area contributed by atoms with Gasteiger partial charge in [0.05, 0.1) is 12.5 Å². The molecule has 1 aromatic carbocycles. The first-order valence-corrected chi connectivity index (χ1v) is 14.7. The van der Waals surface area contributed by atoms with Crippen LogP contribution >= 0.6 is 11.3 Å². The zero-order valence-electron chi connectivity index (χ0n) is 21.3. The molecule has 0 aliphatic heterocycles. The van der Waals surface area contributed by atoms with Gasteiger partial charge >= 0.3 is 0 Å². The van der Waals surface area contributed by atoms with Crippen molar-refractivity contribution in [3.05, 3.63) is 76.2 Å². The Morgan fingerprint density at radius 2 is 1.32 bits per heavy atom.